The summed E-state index contributed by atoms with van der Waals surface area (Å²) in [6, 6.07) is 13.9. The van der Waals surface area contributed by atoms with E-state index in [9.17, 15) is 5.26 Å². The van der Waals surface area contributed by atoms with Gasteiger partial charge in [-0.2, -0.15) is 5.26 Å². The van der Waals surface area contributed by atoms with E-state index in [0.717, 1.165) is 19.4 Å². The Morgan fingerprint density at radius 2 is 1.95 bits per heavy atom. The zero-order valence-corrected chi connectivity index (χ0v) is 12.9. The molecule has 1 aromatic rings. The lowest BCUT2D eigenvalue weighted by Gasteiger charge is -2.44. The van der Waals surface area contributed by atoms with Gasteiger partial charge in [0.05, 0.1) is 11.5 Å². The molecule has 1 aliphatic carbocycles. The average Bonchev–Trinajstić information content (AvgIpc) is 3.01. The van der Waals surface area contributed by atoms with Gasteiger partial charge in [0.25, 0.3) is 0 Å². The number of likely N-dealkylation sites (tertiary alicyclic amines) is 1. The van der Waals surface area contributed by atoms with E-state index in [2.05, 4.69) is 35.3 Å². The molecule has 1 heterocycles. The third-order valence-electron chi connectivity index (χ3n) is 5.20. The van der Waals surface area contributed by atoms with Crippen LogP contribution in [0.15, 0.2) is 30.3 Å². The van der Waals surface area contributed by atoms with Crippen molar-refractivity contribution in [2.45, 2.75) is 50.1 Å². The molecule has 21 heavy (non-hydrogen) atoms. The molecular weight excluding hydrogens is 258 g/mol. The quantitative estimate of drug-likeness (QED) is 0.903. The molecule has 2 fully saturated rings. The van der Waals surface area contributed by atoms with Crippen molar-refractivity contribution in [3.05, 3.63) is 35.9 Å². The molecule has 3 heteroatoms. The highest BCUT2D eigenvalue weighted by Gasteiger charge is 2.45. The van der Waals surface area contributed by atoms with Crippen molar-refractivity contribution in [3.63, 3.8) is 0 Å². The second-order valence-electron chi connectivity index (χ2n) is 6.67. The Balaban J connectivity index is 1.49. The van der Waals surface area contributed by atoms with Gasteiger partial charge in [0.1, 0.15) is 0 Å². The third-order valence-corrected chi connectivity index (χ3v) is 5.20. The minimum Gasteiger partial charge on any atom is -0.312 e. The molecule has 112 valence electrons. The molecule has 1 atom stereocenters. The molecule has 0 amide bonds. The maximum atomic E-state index is 9.57. The number of hydrogen-bond donors (Lipinski definition) is 1. The highest BCUT2D eigenvalue weighted by atomic mass is 15.2. The lowest BCUT2D eigenvalue weighted by atomic mass is 9.62. The molecule has 3 rings (SSSR count). The normalized spacial score (nSPS) is 30.6. The number of rotatable bonds is 5. The smallest absolute Gasteiger partial charge is 0.0852 e. The topological polar surface area (TPSA) is 39.1 Å². The van der Waals surface area contributed by atoms with Crippen LogP contribution < -0.4 is 5.32 Å². The Morgan fingerprint density at radius 3 is 2.57 bits per heavy atom. The van der Waals surface area contributed by atoms with Crippen molar-refractivity contribution in [3.8, 4) is 6.07 Å². The summed E-state index contributed by atoms with van der Waals surface area (Å²) in [5, 5.41) is 13.2. The number of nitrogens with zero attached hydrogens (tertiary/aromatic N) is 2. The Kier molecular flexibility index (Phi) is 4.28. The summed E-state index contributed by atoms with van der Waals surface area (Å²) in [4.78, 5) is 2.57. The summed E-state index contributed by atoms with van der Waals surface area (Å²) in [5.74, 6) is 0. The van der Waals surface area contributed by atoms with Gasteiger partial charge in [-0.25, -0.2) is 0 Å². The summed E-state index contributed by atoms with van der Waals surface area (Å²) in [6.07, 6.45) is 4.58. The lowest BCUT2D eigenvalue weighted by molar-refractivity contribution is 0.193. The Labute approximate surface area is 128 Å². The first-order valence-electron chi connectivity index (χ1n) is 8.18. The molecule has 0 spiro atoms. The van der Waals surface area contributed by atoms with E-state index in [-0.39, 0.29) is 5.41 Å². The average molecular weight is 283 g/mol. The van der Waals surface area contributed by atoms with Gasteiger partial charge in [0.2, 0.25) is 0 Å². The number of nitrogens with one attached hydrogen (secondary N) is 1. The molecule has 1 aromatic carbocycles. The van der Waals surface area contributed by atoms with E-state index in [0.29, 0.717) is 12.1 Å². The molecule has 1 saturated carbocycles. The molecule has 1 unspecified atom stereocenters. The molecular formula is C18H25N3. The minimum atomic E-state index is -0.254. The van der Waals surface area contributed by atoms with E-state index in [1.54, 1.807) is 0 Å². The van der Waals surface area contributed by atoms with Crippen LogP contribution in [-0.2, 0) is 5.41 Å². The van der Waals surface area contributed by atoms with Crippen molar-refractivity contribution >= 4 is 0 Å². The van der Waals surface area contributed by atoms with Gasteiger partial charge in [-0.3, -0.25) is 4.90 Å². The SMILES string of the molecule is CC(CNC1CC(C#N)(c2ccccc2)C1)N1CCCC1. The van der Waals surface area contributed by atoms with Gasteiger partial charge >= 0.3 is 0 Å². The summed E-state index contributed by atoms with van der Waals surface area (Å²) < 4.78 is 0. The van der Waals surface area contributed by atoms with E-state index in [1.807, 2.05) is 18.2 Å². The van der Waals surface area contributed by atoms with Gasteiger partial charge in [-0.1, -0.05) is 30.3 Å². The minimum absolute atomic E-state index is 0.254. The van der Waals surface area contributed by atoms with Gasteiger partial charge in [-0.05, 0) is 51.3 Å². The largest absolute Gasteiger partial charge is 0.312 e. The summed E-state index contributed by atoms with van der Waals surface area (Å²) in [7, 11) is 0. The number of nitriles is 1. The van der Waals surface area contributed by atoms with E-state index < -0.39 is 0 Å². The zero-order valence-electron chi connectivity index (χ0n) is 12.9. The first-order valence-corrected chi connectivity index (χ1v) is 8.18. The molecule has 0 bridgehead atoms. The summed E-state index contributed by atoms with van der Waals surface area (Å²) in [5.41, 5.74) is 0.925. The van der Waals surface area contributed by atoms with Gasteiger partial charge in [0.15, 0.2) is 0 Å². The Bertz CT molecular complexity index is 493. The fourth-order valence-electron chi connectivity index (χ4n) is 3.72. The van der Waals surface area contributed by atoms with Crippen molar-refractivity contribution in [2.24, 2.45) is 0 Å². The van der Waals surface area contributed by atoms with Crippen molar-refractivity contribution in [1.29, 1.82) is 5.26 Å². The Hall–Kier alpha value is -1.37. The molecule has 1 aliphatic heterocycles. The molecule has 1 N–H and O–H groups in total. The van der Waals surface area contributed by atoms with Crippen LogP contribution in [0.2, 0.25) is 0 Å². The van der Waals surface area contributed by atoms with Crippen LogP contribution in [0.4, 0.5) is 0 Å². The fourth-order valence-corrected chi connectivity index (χ4v) is 3.72. The maximum Gasteiger partial charge on any atom is 0.0852 e. The molecule has 3 nitrogen and oxygen atoms in total. The van der Waals surface area contributed by atoms with Crippen molar-refractivity contribution in [1.82, 2.24) is 10.2 Å². The van der Waals surface area contributed by atoms with Crippen LogP contribution in [0.5, 0.6) is 0 Å². The maximum absolute atomic E-state index is 9.57. The van der Waals surface area contributed by atoms with E-state index >= 15 is 0 Å². The fraction of sp³-hybridized carbons (Fsp3) is 0.611. The second kappa shape index (κ2) is 6.17. The number of hydrogen-bond acceptors (Lipinski definition) is 3. The van der Waals surface area contributed by atoms with Crippen LogP contribution >= 0.6 is 0 Å². The van der Waals surface area contributed by atoms with Crippen molar-refractivity contribution < 1.29 is 0 Å². The van der Waals surface area contributed by atoms with Crippen LogP contribution in [0.25, 0.3) is 0 Å². The van der Waals surface area contributed by atoms with E-state index in [4.69, 9.17) is 0 Å². The molecule has 0 aromatic heterocycles. The van der Waals surface area contributed by atoms with Crippen LogP contribution in [-0.4, -0.2) is 36.6 Å². The molecule has 0 radical (unpaired) electrons. The first kappa shape index (κ1) is 14.6. The lowest BCUT2D eigenvalue weighted by Crippen LogP contribution is -2.53. The predicted molar refractivity (Wildman–Crippen MR) is 85.0 cm³/mol. The van der Waals surface area contributed by atoms with Crippen molar-refractivity contribution in [2.75, 3.05) is 19.6 Å². The van der Waals surface area contributed by atoms with Gasteiger partial charge < -0.3 is 5.32 Å². The standard InChI is InChI=1S/C18H25N3/c1-15(21-9-5-6-10-21)13-20-17-11-18(12-17,14-19)16-7-3-2-4-8-16/h2-4,7-8,15,17,20H,5-6,9-13H2,1H3. The van der Waals surface area contributed by atoms with Crippen LogP contribution in [0, 0.1) is 11.3 Å². The highest BCUT2D eigenvalue weighted by molar-refractivity contribution is 5.36. The van der Waals surface area contributed by atoms with Crippen LogP contribution in [0.3, 0.4) is 0 Å². The highest BCUT2D eigenvalue weighted by Crippen LogP contribution is 2.43. The van der Waals surface area contributed by atoms with Crippen LogP contribution in [0.1, 0.15) is 38.2 Å². The monoisotopic (exact) mass is 283 g/mol. The van der Waals surface area contributed by atoms with Gasteiger partial charge in [-0.15, -0.1) is 0 Å². The first-order chi connectivity index (χ1) is 10.2. The van der Waals surface area contributed by atoms with E-state index in [1.165, 1.54) is 31.5 Å². The number of benzene rings is 1. The molecule has 1 saturated heterocycles. The second-order valence-corrected chi connectivity index (χ2v) is 6.67. The summed E-state index contributed by atoms with van der Waals surface area (Å²) >= 11 is 0. The third kappa shape index (κ3) is 2.97. The zero-order chi connectivity index (χ0) is 14.7. The van der Waals surface area contributed by atoms with Gasteiger partial charge in [0, 0.05) is 18.6 Å². The Morgan fingerprint density at radius 1 is 1.29 bits per heavy atom. The molecule has 2 aliphatic rings. The summed E-state index contributed by atoms with van der Waals surface area (Å²) in [6.45, 7) is 5.85. The predicted octanol–water partition coefficient (Wildman–Crippen LogP) is 2.68.